The number of nitrogens with one attached hydrogen (secondary N) is 1. The van der Waals surface area contributed by atoms with E-state index in [1.807, 2.05) is 41.3 Å². The number of carbonyl (C=O) groups excluding carboxylic acids is 1. The van der Waals surface area contributed by atoms with Gasteiger partial charge >= 0.3 is 0 Å². The predicted molar refractivity (Wildman–Crippen MR) is 85.5 cm³/mol. The molecule has 1 aliphatic rings. The van der Waals surface area contributed by atoms with Crippen LogP contribution < -0.4 is 0 Å². The fourth-order valence-corrected chi connectivity index (χ4v) is 3.27. The Morgan fingerprint density at radius 3 is 2.91 bits per heavy atom. The number of aromatic amines is 1. The van der Waals surface area contributed by atoms with Crippen LogP contribution in [-0.4, -0.2) is 27.3 Å². The molecular weight excluding hydrogens is 274 g/mol. The molecule has 4 heteroatoms. The van der Waals surface area contributed by atoms with Gasteiger partial charge in [-0.2, -0.15) is 0 Å². The molecule has 110 valence electrons. The second-order valence-corrected chi connectivity index (χ2v) is 5.70. The van der Waals surface area contributed by atoms with Gasteiger partial charge < -0.3 is 9.88 Å². The van der Waals surface area contributed by atoms with Crippen molar-refractivity contribution in [3.63, 3.8) is 0 Å². The van der Waals surface area contributed by atoms with Crippen LogP contribution in [0, 0.1) is 0 Å². The van der Waals surface area contributed by atoms with E-state index in [2.05, 4.69) is 22.1 Å². The highest BCUT2D eigenvalue weighted by molar-refractivity contribution is 5.97. The van der Waals surface area contributed by atoms with Gasteiger partial charge in [-0.15, -0.1) is 0 Å². The number of imidazole rings is 1. The Morgan fingerprint density at radius 2 is 2.05 bits per heavy atom. The highest BCUT2D eigenvalue weighted by Gasteiger charge is 2.30. The molecule has 1 aliphatic heterocycles. The van der Waals surface area contributed by atoms with E-state index in [9.17, 15) is 4.79 Å². The van der Waals surface area contributed by atoms with Gasteiger partial charge in [0.1, 0.15) is 0 Å². The number of hydrogen-bond acceptors (Lipinski definition) is 2. The molecule has 1 aromatic heterocycles. The Hall–Kier alpha value is -2.62. The summed E-state index contributed by atoms with van der Waals surface area (Å²) in [5, 5.41) is 0. The molecule has 22 heavy (non-hydrogen) atoms. The van der Waals surface area contributed by atoms with Crippen LogP contribution in [0.3, 0.4) is 0 Å². The van der Waals surface area contributed by atoms with Gasteiger partial charge in [-0.25, -0.2) is 4.98 Å². The van der Waals surface area contributed by atoms with E-state index in [0.717, 1.165) is 36.0 Å². The van der Waals surface area contributed by atoms with Crippen LogP contribution in [0.25, 0.3) is 11.0 Å². The van der Waals surface area contributed by atoms with Crippen molar-refractivity contribution >= 4 is 16.9 Å². The number of benzene rings is 2. The highest BCUT2D eigenvalue weighted by Crippen LogP contribution is 2.33. The molecular formula is C18H17N3O. The van der Waals surface area contributed by atoms with Crippen molar-refractivity contribution in [3.8, 4) is 0 Å². The number of aromatic nitrogens is 2. The summed E-state index contributed by atoms with van der Waals surface area (Å²) in [6, 6.07) is 16.1. The average molecular weight is 291 g/mol. The summed E-state index contributed by atoms with van der Waals surface area (Å²) >= 11 is 0. The fraction of sp³-hybridized carbons (Fsp3) is 0.222. The lowest BCUT2D eigenvalue weighted by Gasteiger charge is -2.25. The highest BCUT2D eigenvalue weighted by atomic mass is 16.2. The molecule has 0 saturated carbocycles. The summed E-state index contributed by atoms with van der Waals surface area (Å²) in [7, 11) is 0. The van der Waals surface area contributed by atoms with Crippen LogP contribution >= 0.6 is 0 Å². The SMILES string of the molecule is O=C(c1ccc2nc[nH]c2c1)N1CCCC1c1ccccc1. The number of rotatable bonds is 2. The third-order valence-corrected chi connectivity index (χ3v) is 4.37. The Balaban J connectivity index is 1.66. The number of fused-ring (bicyclic) bond motifs is 1. The van der Waals surface area contributed by atoms with Gasteiger partial charge in [0, 0.05) is 12.1 Å². The standard InChI is InChI=1S/C18H17N3O/c22-18(14-8-9-15-16(11-14)20-12-19-15)21-10-4-7-17(21)13-5-2-1-3-6-13/h1-3,5-6,8-9,11-12,17H,4,7,10H2,(H,19,20). The summed E-state index contributed by atoms with van der Waals surface area (Å²) < 4.78 is 0. The van der Waals surface area contributed by atoms with Crippen molar-refractivity contribution in [2.45, 2.75) is 18.9 Å². The first-order chi connectivity index (χ1) is 10.8. The van der Waals surface area contributed by atoms with E-state index in [1.54, 1.807) is 6.33 Å². The van der Waals surface area contributed by atoms with Crippen LogP contribution in [0.2, 0.25) is 0 Å². The largest absolute Gasteiger partial charge is 0.345 e. The van der Waals surface area contributed by atoms with Crippen LogP contribution in [0.1, 0.15) is 34.8 Å². The van der Waals surface area contributed by atoms with Gasteiger partial charge in [0.15, 0.2) is 0 Å². The smallest absolute Gasteiger partial charge is 0.254 e. The first kappa shape index (κ1) is 13.1. The van der Waals surface area contributed by atoms with E-state index in [4.69, 9.17) is 0 Å². The topological polar surface area (TPSA) is 49.0 Å². The molecule has 1 unspecified atom stereocenters. The van der Waals surface area contributed by atoms with Crippen molar-refractivity contribution in [3.05, 3.63) is 66.0 Å². The normalized spacial score (nSPS) is 18.0. The minimum Gasteiger partial charge on any atom is -0.345 e. The van der Waals surface area contributed by atoms with E-state index >= 15 is 0 Å². The Bertz CT molecular complexity index is 809. The van der Waals surface area contributed by atoms with Crippen LogP contribution in [0.15, 0.2) is 54.9 Å². The van der Waals surface area contributed by atoms with Crippen LogP contribution in [0.5, 0.6) is 0 Å². The zero-order chi connectivity index (χ0) is 14.9. The molecule has 0 aliphatic carbocycles. The molecule has 4 rings (SSSR count). The van der Waals surface area contributed by atoms with E-state index in [-0.39, 0.29) is 11.9 Å². The number of H-pyrrole nitrogens is 1. The molecule has 0 spiro atoms. The average Bonchev–Trinajstić information content (AvgIpc) is 3.23. The molecule has 0 bridgehead atoms. The van der Waals surface area contributed by atoms with Crippen molar-refractivity contribution < 1.29 is 4.79 Å². The number of nitrogens with zero attached hydrogens (tertiary/aromatic N) is 2. The molecule has 1 amide bonds. The molecule has 4 nitrogen and oxygen atoms in total. The lowest BCUT2D eigenvalue weighted by molar-refractivity contribution is 0.0736. The summed E-state index contributed by atoms with van der Waals surface area (Å²) in [5.41, 5.74) is 3.73. The molecule has 1 saturated heterocycles. The molecule has 0 radical (unpaired) electrons. The van der Waals surface area contributed by atoms with Crippen LogP contribution in [0.4, 0.5) is 0 Å². The maximum absolute atomic E-state index is 12.9. The first-order valence-corrected chi connectivity index (χ1v) is 7.62. The molecule has 3 aromatic rings. The molecule has 1 atom stereocenters. The minimum absolute atomic E-state index is 0.0999. The third-order valence-electron chi connectivity index (χ3n) is 4.37. The van der Waals surface area contributed by atoms with Crippen molar-refractivity contribution in [1.29, 1.82) is 0 Å². The quantitative estimate of drug-likeness (QED) is 0.785. The van der Waals surface area contributed by atoms with Gasteiger partial charge in [0.2, 0.25) is 0 Å². The van der Waals surface area contributed by atoms with Gasteiger partial charge in [-0.1, -0.05) is 30.3 Å². The molecule has 2 aromatic carbocycles. The summed E-state index contributed by atoms with van der Waals surface area (Å²) in [4.78, 5) is 22.1. The molecule has 1 fully saturated rings. The van der Waals surface area contributed by atoms with Crippen molar-refractivity contribution in [2.24, 2.45) is 0 Å². The zero-order valence-corrected chi connectivity index (χ0v) is 12.2. The lowest BCUT2D eigenvalue weighted by Crippen LogP contribution is -2.30. The Kier molecular flexibility index (Phi) is 3.15. The van der Waals surface area contributed by atoms with E-state index < -0.39 is 0 Å². The van der Waals surface area contributed by atoms with Gasteiger partial charge in [-0.05, 0) is 36.6 Å². The maximum Gasteiger partial charge on any atom is 0.254 e. The summed E-state index contributed by atoms with van der Waals surface area (Å²) in [6.07, 6.45) is 3.74. The van der Waals surface area contributed by atoms with E-state index in [0.29, 0.717) is 0 Å². The Morgan fingerprint density at radius 1 is 1.18 bits per heavy atom. The Labute approximate surface area is 128 Å². The second-order valence-electron chi connectivity index (χ2n) is 5.70. The van der Waals surface area contributed by atoms with Crippen molar-refractivity contribution in [2.75, 3.05) is 6.54 Å². The fourth-order valence-electron chi connectivity index (χ4n) is 3.27. The van der Waals surface area contributed by atoms with Gasteiger partial charge in [0.25, 0.3) is 5.91 Å². The van der Waals surface area contributed by atoms with Crippen LogP contribution in [-0.2, 0) is 0 Å². The third kappa shape index (κ3) is 2.17. The number of amides is 1. The zero-order valence-electron chi connectivity index (χ0n) is 12.2. The number of carbonyl (C=O) groups is 1. The minimum atomic E-state index is 0.0999. The van der Waals surface area contributed by atoms with Gasteiger partial charge in [0.05, 0.1) is 23.4 Å². The predicted octanol–water partition coefficient (Wildman–Crippen LogP) is 3.54. The monoisotopic (exact) mass is 291 g/mol. The molecule has 1 N–H and O–H groups in total. The van der Waals surface area contributed by atoms with Crippen molar-refractivity contribution in [1.82, 2.24) is 14.9 Å². The second kappa shape index (κ2) is 5.30. The number of likely N-dealkylation sites (tertiary alicyclic amines) is 1. The molecule has 2 heterocycles. The van der Waals surface area contributed by atoms with Gasteiger partial charge in [-0.3, -0.25) is 4.79 Å². The first-order valence-electron chi connectivity index (χ1n) is 7.62. The lowest BCUT2D eigenvalue weighted by atomic mass is 10.0. The van der Waals surface area contributed by atoms with E-state index in [1.165, 1.54) is 5.56 Å². The maximum atomic E-state index is 12.9. The summed E-state index contributed by atoms with van der Waals surface area (Å²) in [5.74, 6) is 0.0999. The summed E-state index contributed by atoms with van der Waals surface area (Å²) in [6.45, 7) is 0.819. The number of hydrogen-bond donors (Lipinski definition) is 1.